The summed E-state index contributed by atoms with van der Waals surface area (Å²) in [5, 5.41) is 20.3. The lowest BCUT2D eigenvalue weighted by Crippen LogP contribution is -2.19. The van der Waals surface area contributed by atoms with E-state index in [4.69, 9.17) is 0 Å². The van der Waals surface area contributed by atoms with Crippen molar-refractivity contribution in [2.45, 2.75) is 18.6 Å². The molecule has 3 nitrogen and oxygen atoms in total. The zero-order valence-corrected chi connectivity index (χ0v) is 11.2. The summed E-state index contributed by atoms with van der Waals surface area (Å²) in [6.45, 7) is 0. The van der Waals surface area contributed by atoms with Crippen LogP contribution in [0.25, 0.3) is 0 Å². The van der Waals surface area contributed by atoms with Gasteiger partial charge in [-0.25, -0.2) is 0 Å². The number of aliphatic hydroxyl groups is 2. The van der Waals surface area contributed by atoms with Crippen LogP contribution in [-0.2, 0) is 0 Å². The third-order valence-electron chi connectivity index (χ3n) is 2.50. The molecule has 0 fully saturated rings. The minimum absolute atomic E-state index is 0.535. The highest BCUT2D eigenvalue weighted by atomic mass is 79.9. The van der Waals surface area contributed by atoms with Gasteiger partial charge >= 0.3 is 0 Å². The number of hydrogen-bond acceptors (Lipinski definition) is 3. The van der Waals surface area contributed by atoms with Crippen molar-refractivity contribution in [1.82, 2.24) is 0 Å². The molecule has 0 amide bonds. The Kier molecular flexibility index (Phi) is 5.25. The molecule has 16 heavy (non-hydrogen) atoms. The van der Waals surface area contributed by atoms with Gasteiger partial charge in [-0.15, -0.1) is 0 Å². The second-order valence-corrected chi connectivity index (χ2v) is 4.77. The molecule has 1 aromatic carbocycles. The molecule has 0 saturated carbocycles. The van der Waals surface area contributed by atoms with Gasteiger partial charge in [0.2, 0.25) is 0 Å². The van der Waals surface area contributed by atoms with E-state index < -0.39 is 12.2 Å². The highest BCUT2D eigenvalue weighted by molar-refractivity contribution is 9.09. The molecular weight excluding hydrogens is 270 g/mol. The highest BCUT2D eigenvalue weighted by Crippen LogP contribution is 2.23. The lowest BCUT2D eigenvalue weighted by Gasteiger charge is -2.19. The van der Waals surface area contributed by atoms with Crippen molar-refractivity contribution in [3.63, 3.8) is 0 Å². The van der Waals surface area contributed by atoms with Crippen LogP contribution in [0.2, 0.25) is 0 Å². The Morgan fingerprint density at radius 2 is 2.00 bits per heavy atom. The molecule has 0 bridgehead atoms. The van der Waals surface area contributed by atoms with Gasteiger partial charge in [0.25, 0.3) is 0 Å². The van der Waals surface area contributed by atoms with Gasteiger partial charge in [-0.1, -0.05) is 28.1 Å². The van der Waals surface area contributed by atoms with E-state index in [0.717, 1.165) is 11.3 Å². The Balaban J connectivity index is 2.82. The van der Waals surface area contributed by atoms with Crippen LogP contribution < -0.4 is 4.90 Å². The molecule has 0 spiro atoms. The molecule has 1 rings (SSSR count). The Morgan fingerprint density at radius 1 is 1.31 bits per heavy atom. The molecule has 0 heterocycles. The first-order chi connectivity index (χ1) is 7.56. The van der Waals surface area contributed by atoms with Gasteiger partial charge in [-0.05, 0) is 24.1 Å². The van der Waals surface area contributed by atoms with E-state index in [1.165, 1.54) is 0 Å². The Morgan fingerprint density at radius 3 is 2.56 bits per heavy atom. The number of benzene rings is 1. The first kappa shape index (κ1) is 13.5. The van der Waals surface area contributed by atoms with Gasteiger partial charge in [0.1, 0.15) is 6.10 Å². The fourth-order valence-corrected chi connectivity index (χ4v) is 1.95. The second kappa shape index (κ2) is 6.23. The standard InChI is InChI=1S/C12H18BrNO2/c1-14(2)10-5-3-4-9(8-10)12(16)11(15)6-7-13/h3-5,8,11-12,15-16H,6-7H2,1-2H3. The number of rotatable bonds is 5. The minimum atomic E-state index is -0.822. The number of hydrogen-bond donors (Lipinski definition) is 2. The van der Waals surface area contributed by atoms with Crippen molar-refractivity contribution >= 4 is 21.6 Å². The van der Waals surface area contributed by atoms with E-state index in [1.54, 1.807) is 0 Å². The lowest BCUT2D eigenvalue weighted by molar-refractivity contribution is 0.0174. The van der Waals surface area contributed by atoms with Gasteiger partial charge in [0.05, 0.1) is 6.10 Å². The van der Waals surface area contributed by atoms with Gasteiger partial charge in [0.15, 0.2) is 0 Å². The quantitative estimate of drug-likeness (QED) is 0.814. The molecular formula is C12H18BrNO2. The van der Waals surface area contributed by atoms with Crippen LogP contribution in [0.3, 0.4) is 0 Å². The van der Waals surface area contributed by atoms with Crippen LogP contribution in [-0.4, -0.2) is 35.7 Å². The zero-order valence-electron chi connectivity index (χ0n) is 9.60. The van der Waals surface area contributed by atoms with Crippen LogP contribution in [0.1, 0.15) is 18.1 Å². The lowest BCUT2D eigenvalue weighted by atomic mass is 10.0. The van der Waals surface area contributed by atoms with E-state index in [2.05, 4.69) is 15.9 Å². The smallest absolute Gasteiger partial charge is 0.105 e. The number of halogens is 1. The van der Waals surface area contributed by atoms with Crippen LogP contribution in [0, 0.1) is 0 Å². The first-order valence-corrected chi connectivity index (χ1v) is 6.37. The molecule has 0 aliphatic heterocycles. The molecule has 0 aromatic heterocycles. The van der Waals surface area contributed by atoms with Crippen molar-refractivity contribution in [2.24, 2.45) is 0 Å². The predicted molar refractivity (Wildman–Crippen MR) is 70.1 cm³/mol. The van der Waals surface area contributed by atoms with E-state index in [-0.39, 0.29) is 0 Å². The predicted octanol–water partition coefficient (Wildman–Crippen LogP) is 1.93. The number of aliphatic hydroxyl groups excluding tert-OH is 2. The maximum absolute atomic E-state index is 9.94. The molecule has 2 atom stereocenters. The fourth-order valence-electron chi connectivity index (χ4n) is 1.48. The SMILES string of the molecule is CN(C)c1cccc(C(O)C(O)CCBr)c1. The zero-order chi connectivity index (χ0) is 12.1. The van der Waals surface area contributed by atoms with Crippen LogP contribution in [0.5, 0.6) is 0 Å². The molecule has 2 N–H and O–H groups in total. The van der Waals surface area contributed by atoms with Gasteiger partial charge < -0.3 is 15.1 Å². The molecule has 0 radical (unpaired) electrons. The van der Waals surface area contributed by atoms with Crippen LogP contribution in [0.15, 0.2) is 24.3 Å². The van der Waals surface area contributed by atoms with Gasteiger partial charge in [0, 0.05) is 25.1 Å². The summed E-state index contributed by atoms with van der Waals surface area (Å²) in [6.07, 6.45) is -1.01. The van der Waals surface area contributed by atoms with Crippen LogP contribution >= 0.6 is 15.9 Å². The summed E-state index contributed by atoms with van der Waals surface area (Å²) in [6, 6.07) is 7.57. The van der Waals surface area contributed by atoms with Gasteiger partial charge in [-0.2, -0.15) is 0 Å². The van der Waals surface area contributed by atoms with Gasteiger partial charge in [-0.3, -0.25) is 0 Å². The third-order valence-corrected chi connectivity index (χ3v) is 2.96. The van der Waals surface area contributed by atoms with Crippen molar-refractivity contribution in [3.8, 4) is 0 Å². The van der Waals surface area contributed by atoms with E-state index in [9.17, 15) is 10.2 Å². The Bertz CT molecular complexity index is 331. The fraction of sp³-hybridized carbons (Fsp3) is 0.500. The molecule has 90 valence electrons. The largest absolute Gasteiger partial charge is 0.390 e. The molecule has 1 aromatic rings. The monoisotopic (exact) mass is 287 g/mol. The topological polar surface area (TPSA) is 43.7 Å². The van der Waals surface area contributed by atoms with Crippen molar-refractivity contribution in [3.05, 3.63) is 29.8 Å². The minimum Gasteiger partial charge on any atom is -0.390 e. The van der Waals surface area contributed by atoms with E-state index in [0.29, 0.717) is 11.8 Å². The van der Waals surface area contributed by atoms with Crippen molar-refractivity contribution in [1.29, 1.82) is 0 Å². The molecule has 2 unspecified atom stereocenters. The number of nitrogens with zero attached hydrogens (tertiary/aromatic N) is 1. The maximum Gasteiger partial charge on any atom is 0.105 e. The Labute approximate surface area is 105 Å². The highest BCUT2D eigenvalue weighted by Gasteiger charge is 2.17. The van der Waals surface area contributed by atoms with Crippen molar-refractivity contribution < 1.29 is 10.2 Å². The van der Waals surface area contributed by atoms with E-state index >= 15 is 0 Å². The van der Waals surface area contributed by atoms with Crippen molar-refractivity contribution in [2.75, 3.05) is 24.3 Å². The summed E-state index contributed by atoms with van der Waals surface area (Å²) < 4.78 is 0. The van der Waals surface area contributed by atoms with E-state index in [1.807, 2.05) is 43.3 Å². The second-order valence-electron chi connectivity index (χ2n) is 3.98. The number of alkyl halides is 1. The summed E-state index contributed by atoms with van der Waals surface area (Å²) in [5.74, 6) is 0. The number of anilines is 1. The normalized spacial score (nSPS) is 14.6. The summed E-state index contributed by atoms with van der Waals surface area (Å²) in [5.41, 5.74) is 1.77. The third kappa shape index (κ3) is 3.47. The summed E-state index contributed by atoms with van der Waals surface area (Å²) in [7, 11) is 3.89. The van der Waals surface area contributed by atoms with Crippen LogP contribution in [0.4, 0.5) is 5.69 Å². The molecule has 0 aliphatic carbocycles. The summed E-state index contributed by atoms with van der Waals surface area (Å²) >= 11 is 3.25. The summed E-state index contributed by atoms with van der Waals surface area (Å²) in [4.78, 5) is 1.97. The molecule has 0 aliphatic rings. The average Bonchev–Trinajstić information content (AvgIpc) is 2.28. The first-order valence-electron chi connectivity index (χ1n) is 5.25. The Hall–Kier alpha value is -0.580. The molecule has 0 saturated heterocycles. The average molecular weight is 288 g/mol. The molecule has 4 heteroatoms. The maximum atomic E-state index is 9.94.